The second-order valence-electron chi connectivity index (χ2n) is 6.62. The van der Waals surface area contributed by atoms with Crippen molar-refractivity contribution < 1.29 is 4.74 Å². The Balaban J connectivity index is 0.00000280. The van der Waals surface area contributed by atoms with Crippen molar-refractivity contribution >= 4 is 35.6 Å². The van der Waals surface area contributed by atoms with Gasteiger partial charge in [0.2, 0.25) is 0 Å². The van der Waals surface area contributed by atoms with Crippen molar-refractivity contribution in [2.24, 2.45) is 4.99 Å². The molecule has 1 aromatic heterocycles. The second-order valence-corrected chi connectivity index (χ2v) is 6.62. The quantitative estimate of drug-likeness (QED) is 0.392. The zero-order valence-corrected chi connectivity index (χ0v) is 19.2. The minimum atomic E-state index is 0. The van der Waals surface area contributed by atoms with Gasteiger partial charge in [-0.3, -0.25) is 4.98 Å². The van der Waals surface area contributed by atoms with Crippen LogP contribution in [-0.4, -0.2) is 55.7 Å². The number of hydrogen-bond acceptors (Lipinski definition) is 4. The first-order valence-corrected chi connectivity index (χ1v) is 9.54. The maximum Gasteiger partial charge on any atom is 0.194 e. The minimum absolute atomic E-state index is 0. The predicted octanol–water partition coefficient (Wildman–Crippen LogP) is 3.30. The number of benzene rings is 1. The van der Waals surface area contributed by atoms with E-state index in [2.05, 4.69) is 39.2 Å². The van der Waals surface area contributed by atoms with Crippen molar-refractivity contribution in [3.63, 3.8) is 0 Å². The summed E-state index contributed by atoms with van der Waals surface area (Å²) < 4.78 is 5.35. The number of guanidine groups is 1. The molecule has 0 unspecified atom stereocenters. The van der Waals surface area contributed by atoms with Crippen LogP contribution in [-0.2, 0) is 6.54 Å². The Hall–Kier alpha value is -2.03. The summed E-state index contributed by atoms with van der Waals surface area (Å²) in [6.07, 6.45) is 0. The molecule has 0 radical (unpaired) electrons. The molecular formula is C21H30IN5O. The molecule has 3 rings (SSSR count). The highest BCUT2D eigenvalue weighted by Gasteiger charge is 2.20. The molecule has 1 aliphatic heterocycles. The maximum absolute atomic E-state index is 5.35. The van der Waals surface area contributed by atoms with Gasteiger partial charge in [0.1, 0.15) is 5.75 Å². The molecular weight excluding hydrogens is 465 g/mol. The number of anilines is 1. The largest absolute Gasteiger partial charge is 0.497 e. The van der Waals surface area contributed by atoms with E-state index in [4.69, 9.17) is 9.73 Å². The highest BCUT2D eigenvalue weighted by molar-refractivity contribution is 14.0. The lowest BCUT2D eigenvalue weighted by Crippen LogP contribution is -2.52. The molecule has 6 nitrogen and oxygen atoms in total. The normalized spacial score (nSPS) is 14.5. The zero-order chi connectivity index (χ0) is 19.1. The maximum atomic E-state index is 5.35. The van der Waals surface area contributed by atoms with E-state index in [1.165, 1.54) is 5.69 Å². The Morgan fingerprint density at radius 3 is 2.57 bits per heavy atom. The van der Waals surface area contributed by atoms with Gasteiger partial charge in [-0.15, -0.1) is 24.0 Å². The average molecular weight is 495 g/mol. The molecule has 0 saturated carbocycles. The van der Waals surface area contributed by atoms with E-state index in [0.717, 1.165) is 55.8 Å². The summed E-state index contributed by atoms with van der Waals surface area (Å²) in [4.78, 5) is 14.1. The summed E-state index contributed by atoms with van der Waals surface area (Å²) in [5, 5.41) is 3.42. The molecule has 1 N–H and O–H groups in total. The fourth-order valence-corrected chi connectivity index (χ4v) is 3.25. The number of aromatic nitrogens is 1. The zero-order valence-electron chi connectivity index (χ0n) is 16.9. The standard InChI is InChI=1S/C21H29N5O.HI/c1-4-22-21(23-16-18-8-5-7-17(2)24-18)26-13-11-25(12-14-26)19-9-6-10-20(15-19)27-3;/h5-10,15H,4,11-14,16H2,1-3H3,(H,22,23);1H. The third kappa shape index (κ3) is 5.98. The summed E-state index contributed by atoms with van der Waals surface area (Å²) in [6, 6.07) is 14.3. The molecule has 1 saturated heterocycles. The molecule has 1 aliphatic rings. The molecule has 7 heteroatoms. The Morgan fingerprint density at radius 2 is 1.89 bits per heavy atom. The first-order valence-electron chi connectivity index (χ1n) is 9.54. The van der Waals surface area contributed by atoms with Gasteiger partial charge >= 0.3 is 0 Å². The lowest BCUT2D eigenvalue weighted by Gasteiger charge is -2.37. The van der Waals surface area contributed by atoms with Crippen LogP contribution in [0.2, 0.25) is 0 Å². The third-order valence-electron chi connectivity index (χ3n) is 4.67. The number of nitrogens with zero attached hydrogens (tertiary/aromatic N) is 4. The van der Waals surface area contributed by atoms with Crippen molar-refractivity contribution in [3.05, 3.63) is 53.9 Å². The first-order chi connectivity index (χ1) is 13.2. The van der Waals surface area contributed by atoms with Gasteiger partial charge < -0.3 is 19.9 Å². The van der Waals surface area contributed by atoms with E-state index in [0.29, 0.717) is 6.54 Å². The molecule has 28 heavy (non-hydrogen) atoms. The molecule has 0 atom stereocenters. The molecule has 0 bridgehead atoms. The Morgan fingerprint density at radius 1 is 1.14 bits per heavy atom. The molecule has 0 aliphatic carbocycles. The number of rotatable bonds is 5. The van der Waals surface area contributed by atoms with Crippen molar-refractivity contribution in [3.8, 4) is 5.75 Å². The fraction of sp³-hybridized carbons (Fsp3) is 0.429. The molecule has 0 amide bonds. The van der Waals surface area contributed by atoms with Gasteiger partial charge in [-0.05, 0) is 38.1 Å². The second kappa shape index (κ2) is 11.1. The summed E-state index contributed by atoms with van der Waals surface area (Å²) in [5.74, 6) is 1.86. The van der Waals surface area contributed by atoms with Crippen LogP contribution in [0.4, 0.5) is 5.69 Å². The molecule has 152 valence electrons. The molecule has 0 spiro atoms. The van der Waals surface area contributed by atoms with Gasteiger partial charge in [0.05, 0.1) is 19.3 Å². The van der Waals surface area contributed by atoms with Crippen LogP contribution in [0.5, 0.6) is 5.75 Å². The van der Waals surface area contributed by atoms with Gasteiger partial charge in [0.25, 0.3) is 0 Å². The van der Waals surface area contributed by atoms with Crippen LogP contribution in [0.15, 0.2) is 47.5 Å². The van der Waals surface area contributed by atoms with Gasteiger partial charge in [-0.2, -0.15) is 0 Å². The van der Waals surface area contributed by atoms with Crippen LogP contribution >= 0.6 is 24.0 Å². The first kappa shape index (κ1) is 22.3. The van der Waals surface area contributed by atoms with E-state index >= 15 is 0 Å². The van der Waals surface area contributed by atoms with Crippen molar-refractivity contribution in [1.29, 1.82) is 0 Å². The SMILES string of the molecule is CCNC(=NCc1cccc(C)n1)N1CCN(c2cccc(OC)c2)CC1.I. The van der Waals surface area contributed by atoms with Crippen LogP contribution in [0.3, 0.4) is 0 Å². The highest BCUT2D eigenvalue weighted by Crippen LogP contribution is 2.22. The van der Waals surface area contributed by atoms with E-state index in [9.17, 15) is 0 Å². The van der Waals surface area contributed by atoms with E-state index < -0.39 is 0 Å². The Bertz CT molecular complexity index is 775. The number of nitrogens with one attached hydrogen (secondary N) is 1. The van der Waals surface area contributed by atoms with Gasteiger partial charge in [0, 0.05) is 50.2 Å². The fourth-order valence-electron chi connectivity index (χ4n) is 3.25. The molecule has 2 aromatic rings. The van der Waals surface area contributed by atoms with Crippen molar-refractivity contribution in [2.45, 2.75) is 20.4 Å². The summed E-state index contributed by atoms with van der Waals surface area (Å²) in [6.45, 7) is 9.36. The summed E-state index contributed by atoms with van der Waals surface area (Å²) in [5.41, 5.74) is 3.24. The lowest BCUT2D eigenvalue weighted by atomic mass is 10.2. The molecule has 1 aromatic carbocycles. The number of aliphatic imine (C=N–C) groups is 1. The van der Waals surface area contributed by atoms with E-state index in [-0.39, 0.29) is 24.0 Å². The van der Waals surface area contributed by atoms with E-state index in [1.807, 2.05) is 37.3 Å². The van der Waals surface area contributed by atoms with Crippen LogP contribution in [0.1, 0.15) is 18.3 Å². The number of pyridine rings is 1. The van der Waals surface area contributed by atoms with Gasteiger partial charge in [-0.1, -0.05) is 12.1 Å². The van der Waals surface area contributed by atoms with Gasteiger partial charge in [-0.25, -0.2) is 4.99 Å². The van der Waals surface area contributed by atoms with Crippen molar-refractivity contribution in [2.75, 3.05) is 44.7 Å². The number of ether oxygens (including phenoxy) is 1. The van der Waals surface area contributed by atoms with Crippen molar-refractivity contribution in [1.82, 2.24) is 15.2 Å². The average Bonchev–Trinajstić information content (AvgIpc) is 2.71. The molecule has 2 heterocycles. The summed E-state index contributed by atoms with van der Waals surface area (Å²) in [7, 11) is 1.71. The number of aryl methyl sites for hydroxylation is 1. The Labute approximate surface area is 185 Å². The number of methoxy groups -OCH3 is 1. The van der Waals surface area contributed by atoms with Crippen LogP contribution < -0.4 is 15.0 Å². The number of halogens is 1. The molecule has 1 fully saturated rings. The van der Waals surface area contributed by atoms with E-state index in [1.54, 1.807) is 7.11 Å². The predicted molar refractivity (Wildman–Crippen MR) is 126 cm³/mol. The van der Waals surface area contributed by atoms with Gasteiger partial charge in [0.15, 0.2) is 5.96 Å². The lowest BCUT2D eigenvalue weighted by molar-refractivity contribution is 0.372. The topological polar surface area (TPSA) is 53.0 Å². The Kier molecular flexibility index (Phi) is 8.82. The van der Waals surface area contributed by atoms with Crippen LogP contribution in [0, 0.1) is 6.92 Å². The van der Waals surface area contributed by atoms with Crippen LogP contribution in [0.25, 0.3) is 0 Å². The summed E-state index contributed by atoms with van der Waals surface area (Å²) >= 11 is 0. The number of hydrogen-bond donors (Lipinski definition) is 1. The highest BCUT2D eigenvalue weighted by atomic mass is 127. The minimum Gasteiger partial charge on any atom is -0.497 e. The third-order valence-corrected chi connectivity index (χ3v) is 4.67. The monoisotopic (exact) mass is 495 g/mol. The number of piperazine rings is 1. The smallest absolute Gasteiger partial charge is 0.194 e.